The minimum absolute atomic E-state index is 0.234. The maximum absolute atomic E-state index is 11.5. The van der Waals surface area contributed by atoms with E-state index in [1.54, 1.807) is 13.8 Å². The SMILES string of the molecule is CC(C)O/C=C/C(=O)C(F)(F)F. The molecule has 5 heteroatoms. The Labute approximate surface area is 68.0 Å². The van der Waals surface area contributed by atoms with Crippen LogP contribution >= 0.6 is 0 Å². The lowest BCUT2D eigenvalue weighted by Crippen LogP contribution is -2.20. The van der Waals surface area contributed by atoms with E-state index < -0.39 is 12.0 Å². The minimum Gasteiger partial charge on any atom is -0.498 e. The van der Waals surface area contributed by atoms with E-state index >= 15 is 0 Å². The molecule has 0 radical (unpaired) electrons. The van der Waals surface area contributed by atoms with E-state index in [4.69, 9.17) is 0 Å². The van der Waals surface area contributed by atoms with Gasteiger partial charge in [0.25, 0.3) is 5.78 Å². The molecular formula is C7H9F3O2. The predicted octanol–water partition coefficient (Wildman–Crippen LogP) is 2.06. The number of halogens is 3. The van der Waals surface area contributed by atoms with Gasteiger partial charge in [-0.25, -0.2) is 0 Å². The molecule has 0 spiro atoms. The van der Waals surface area contributed by atoms with Crippen molar-refractivity contribution in [3.8, 4) is 0 Å². The Hall–Kier alpha value is -1.00. The molecule has 0 aromatic heterocycles. The van der Waals surface area contributed by atoms with Crippen molar-refractivity contribution in [3.05, 3.63) is 12.3 Å². The molecule has 70 valence electrons. The van der Waals surface area contributed by atoms with Crippen LogP contribution in [0.25, 0.3) is 0 Å². The molecule has 0 N–H and O–H groups in total. The lowest BCUT2D eigenvalue weighted by Gasteiger charge is -2.03. The summed E-state index contributed by atoms with van der Waals surface area (Å²) < 4.78 is 39.2. The van der Waals surface area contributed by atoms with Gasteiger partial charge in [-0.15, -0.1) is 0 Å². The Morgan fingerprint density at radius 3 is 2.25 bits per heavy atom. The van der Waals surface area contributed by atoms with Crippen LogP contribution in [0.2, 0.25) is 0 Å². The van der Waals surface area contributed by atoms with Gasteiger partial charge in [0, 0.05) is 6.08 Å². The van der Waals surface area contributed by atoms with Crippen LogP contribution in [0, 0.1) is 0 Å². The van der Waals surface area contributed by atoms with E-state index in [0.717, 1.165) is 6.26 Å². The standard InChI is InChI=1S/C7H9F3O2/c1-5(2)12-4-3-6(11)7(8,9)10/h3-5H,1-2H3/b4-3+. The van der Waals surface area contributed by atoms with Crippen LogP contribution in [-0.4, -0.2) is 18.1 Å². The number of carbonyl (C=O) groups excluding carboxylic acids is 1. The summed E-state index contributed by atoms with van der Waals surface area (Å²) in [6, 6.07) is 0. The van der Waals surface area contributed by atoms with Crippen molar-refractivity contribution in [2.75, 3.05) is 0 Å². The molecule has 0 fully saturated rings. The van der Waals surface area contributed by atoms with Crippen molar-refractivity contribution in [3.63, 3.8) is 0 Å². The molecule has 0 amide bonds. The summed E-state index contributed by atoms with van der Waals surface area (Å²) in [5.74, 6) is -1.91. The molecule has 0 unspecified atom stereocenters. The normalized spacial score (nSPS) is 12.5. The van der Waals surface area contributed by atoms with Gasteiger partial charge in [-0.1, -0.05) is 0 Å². The number of ether oxygens (including phenoxy) is 1. The third kappa shape index (κ3) is 4.76. The fourth-order valence-electron chi connectivity index (χ4n) is 0.353. The molecule has 0 bridgehead atoms. The number of allylic oxidation sites excluding steroid dienone is 1. The molecule has 0 aromatic carbocycles. The Balaban J connectivity index is 3.93. The number of carbonyl (C=O) groups is 1. The fourth-order valence-corrected chi connectivity index (χ4v) is 0.353. The molecule has 2 nitrogen and oxygen atoms in total. The van der Waals surface area contributed by atoms with Crippen molar-refractivity contribution in [1.29, 1.82) is 0 Å². The van der Waals surface area contributed by atoms with Crippen LogP contribution in [0.4, 0.5) is 13.2 Å². The summed E-state index contributed by atoms with van der Waals surface area (Å²) in [7, 11) is 0. The number of rotatable bonds is 3. The van der Waals surface area contributed by atoms with Crippen molar-refractivity contribution in [1.82, 2.24) is 0 Å². The van der Waals surface area contributed by atoms with E-state index in [1.807, 2.05) is 0 Å². The first-order valence-electron chi connectivity index (χ1n) is 3.27. The second-order valence-corrected chi connectivity index (χ2v) is 2.35. The van der Waals surface area contributed by atoms with Gasteiger partial charge in [-0.3, -0.25) is 4.79 Å². The average molecular weight is 182 g/mol. The summed E-state index contributed by atoms with van der Waals surface area (Å²) in [5, 5.41) is 0. The van der Waals surface area contributed by atoms with Gasteiger partial charge in [0.2, 0.25) is 0 Å². The molecule has 0 rings (SSSR count). The summed E-state index contributed by atoms with van der Waals surface area (Å²) >= 11 is 0. The number of hydrogen-bond donors (Lipinski definition) is 0. The Kier molecular flexibility index (Phi) is 3.79. The largest absolute Gasteiger partial charge is 0.498 e. The van der Waals surface area contributed by atoms with Gasteiger partial charge >= 0.3 is 6.18 Å². The van der Waals surface area contributed by atoms with E-state index in [0.29, 0.717) is 6.08 Å². The first-order chi connectivity index (χ1) is 5.34. The molecule has 0 atom stereocenters. The van der Waals surface area contributed by atoms with Gasteiger partial charge in [0.05, 0.1) is 12.4 Å². The third-order valence-corrected chi connectivity index (χ3v) is 0.850. The topological polar surface area (TPSA) is 26.3 Å². The zero-order valence-corrected chi connectivity index (χ0v) is 6.68. The highest BCUT2D eigenvalue weighted by atomic mass is 19.4. The van der Waals surface area contributed by atoms with Crippen LogP contribution in [0.1, 0.15) is 13.8 Å². The molecule has 0 aliphatic rings. The van der Waals surface area contributed by atoms with Crippen LogP contribution < -0.4 is 0 Å². The zero-order valence-electron chi connectivity index (χ0n) is 6.68. The van der Waals surface area contributed by atoms with E-state index in [-0.39, 0.29) is 6.10 Å². The first-order valence-corrected chi connectivity index (χ1v) is 3.27. The van der Waals surface area contributed by atoms with Crippen molar-refractivity contribution >= 4 is 5.78 Å². The maximum atomic E-state index is 11.5. The van der Waals surface area contributed by atoms with Gasteiger partial charge in [-0.2, -0.15) is 13.2 Å². The number of alkyl halides is 3. The molecule has 0 saturated heterocycles. The highest BCUT2D eigenvalue weighted by molar-refractivity contribution is 5.94. The Morgan fingerprint density at radius 1 is 1.42 bits per heavy atom. The van der Waals surface area contributed by atoms with E-state index in [1.165, 1.54) is 0 Å². The van der Waals surface area contributed by atoms with Gasteiger partial charge in [-0.05, 0) is 13.8 Å². The quantitative estimate of drug-likeness (QED) is 0.493. The average Bonchev–Trinajstić information content (AvgIpc) is 1.84. The highest BCUT2D eigenvalue weighted by Gasteiger charge is 2.36. The zero-order chi connectivity index (χ0) is 9.78. The molecule has 0 saturated carbocycles. The first kappa shape index (κ1) is 11.0. The fraction of sp³-hybridized carbons (Fsp3) is 0.571. The van der Waals surface area contributed by atoms with Crippen LogP contribution in [-0.2, 0) is 9.53 Å². The maximum Gasteiger partial charge on any atom is 0.454 e. The second-order valence-electron chi connectivity index (χ2n) is 2.35. The summed E-state index contributed by atoms with van der Waals surface area (Å²) in [5.41, 5.74) is 0. The van der Waals surface area contributed by atoms with E-state index in [2.05, 4.69) is 4.74 Å². The van der Waals surface area contributed by atoms with Gasteiger partial charge < -0.3 is 4.74 Å². The van der Waals surface area contributed by atoms with Crippen LogP contribution in [0.3, 0.4) is 0 Å². The summed E-state index contributed by atoms with van der Waals surface area (Å²) in [6.07, 6.45) is -3.93. The number of hydrogen-bond acceptors (Lipinski definition) is 2. The minimum atomic E-state index is -4.81. The van der Waals surface area contributed by atoms with Crippen LogP contribution in [0.15, 0.2) is 12.3 Å². The molecule has 12 heavy (non-hydrogen) atoms. The van der Waals surface area contributed by atoms with Crippen molar-refractivity contribution in [2.45, 2.75) is 26.1 Å². The Morgan fingerprint density at radius 2 is 1.92 bits per heavy atom. The monoisotopic (exact) mass is 182 g/mol. The Bertz CT molecular complexity index is 182. The van der Waals surface area contributed by atoms with Crippen LogP contribution in [0.5, 0.6) is 0 Å². The summed E-state index contributed by atoms with van der Waals surface area (Å²) in [6.45, 7) is 3.28. The third-order valence-electron chi connectivity index (χ3n) is 0.850. The summed E-state index contributed by atoms with van der Waals surface area (Å²) in [4.78, 5) is 10.2. The van der Waals surface area contributed by atoms with Gasteiger partial charge in [0.15, 0.2) is 0 Å². The predicted molar refractivity (Wildman–Crippen MR) is 36.4 cm³/mol. The molecule has 0 aromatic rings. The molecule has 0 heterocycles. The highest BCUT2D eigenvalue weighted by Crippen LogP contribution is 2.16. The molecule has 0 aliphatic heterocycles. The molecule has 0 aliphatic carbocycles. The van der Waals surface area contributed by atoms with Crippen molar-refractivity contribution < 1.29 is 22.7 Å². The van der Waals surface area contributed by atoms with E-state index in [9.17, 15) is 18.0 Å². The van der Waals surface area contributed by atoms with Crippen molar-refractivity contribution in [2.24, 2.45) is 0 Å². The lowest BCUT2D eigenvalue weighted by molar-refractivity contribution is -0.165. The lowest BCUT2D eigenvalue weighted by atomic mass is 10.4. The number of ketones is 1. The van der Waals surface area contributed by atoms with Gasteiger partial charge in [0.1, 0.15) is 0 Å². The smallest absolute Gasteiger partial charge is 0.454 e. The second kappa shape index (κ2) is 4.13. The molecular weight excluding hydrogens is 173 g/mol.